The van der Waals surface area contributed by atoms with Gasteiger partial charge in [-0.15, -0.1) is 11.3 Å². The van der Waals surface area contributed by atoms with Crippen LogP contribution in [0.3, 0.4) is 0 Å². The molecule has 0 bridgehead atoms. The fourth-order valence-corrected chi connectivity index (χ4v) is 5.12. The molecule has 3 heterocycles. The number of carbonyl (C=O) groups is 2. The minimum atomic E-state index is -0.558. The van der Waals surface area contributed by atoms with Gasteiger partial charge in [-0.25, -0.2) is 4.39 Å². The van der Waals surface area contributed by atoms with Gasteiger partial charge in [0.05, 0.1) is 9.75 Å². The van der Waals surface area contributed by atoms with E-state index in [1.807, 2.05) is 18.2 Å². The first kappa shape index (κ1) is 18.8. The maximum atomic E-state index is 14.9. The molecule has 0 saturated carbocycles. The van der Waals surface area contributed by atoms with Crippen LogP contribution >= 0.6 is 11.3 Å². The van der Waals surface area contributed by atoms with Crippen molar-refractivity contribution >= 4 is 33.9 Å². The number of aromatic nitrogens is 1. The average Bonchev–Trinajstić information content (AvgIpc) is 3.38. The summed E-state index contributed by atoms with van der Waals surface area (Å²) in [6.07, 6.45) is 0.682. The lowest BCUT2D eigenvalue weighted by atomic mass is 9.92. The molecule has 1 unspecified atom stereocenters. The van der Waals surface area contributed by atoms with E-state index < -0.39 is 6.04 Å². The highest BCUT2D eigenvalue weighted by molar-refractivity contribution is 7.15. The van der Waals surface area contributed by atoms with E-state index in [4.69, 9.17) is 0 Å². The van der Waals surface area contributed by atoms with Gasteiger partial charge < -0.3 is 9.88 Å². The van der Waals surface area contributed by atoms with Crippen LogP contribution in [0, 0.1) is 5.82 Å². The molecule has 5 rings (SSSR count). The third kappa shape index (κ3) is 2.95. The van der Waals surface area contributed by atoms with Gasteiger partial charge in [0.1, 0.15) is 11.9 Å². The van der Waals surface area contributed by atoms with Crippen molar-refractivity contribution in [2.24, 2.45) is 0 Å². The number of rotatable bonds is 3. The van der Waals surface area contributed by atoms with E-state index in [1.165, 1.54) is 24.3 Å². The van der Waals surface area contributed by atoms with Crippen molar-refractivity contribution in [2.45, 2.75) is 19.4 Å². The second-order valence-corrected chi connectivity index (χ2v) is 8.54. The molecule has 4 nitrogen and oxygen atoms in total. The zero-order valence-electron chi connectivity index (χ0n) is 16.3. The van der Waals surface area contributed by atoms with Crippen molar-refractivity contribution in [3.63, 3.8) is 0 Å². The molecule has 4 aromatic rings. The van der Waals surface area contributed by atoms with Crippen LogP contribution in [-0.2, 0) is 6.42 Å². The number of nitrogens with one attached hydrogen (secondary N) is 1. The molecule has 0 saturated heterocycles. The minimum absolute atomic E-state index is 0.0683. The van der Waals surface area contributed by atoms with Crippen LogP contribution in [0.25, 0.3) is 10.9 Å². The first-order chi connectivity index (χ1) is 14.5. The third-order valence-corrected chi connectivity index (χ3v) is 6.83. The number of benzene rings is 2. The number of ketones is 1. The Labute approximate surface area is 177 Å². The molecule has 0 radical (unpaired) electrons. The molecule has 6 heteroatoms. The topological polar surface area (TPSA) is 53.2 Å². The summed E-state index contributed by atoms with van der Waals surface area (Å²) in [6.45, 7) is 1.96. The maximum Gasteiger partial charge on any atom is 0.264 e. The summed E-state index contributed by atoms with van der Waals surface area (Å²) in [4.78, 5) is 31.3. The van der Waals surface area contributed by atoms with Gasteiger partial charge in [0.25, 0.3) is 5.91 Å². The van der Waals surface area contributed by atoms with Crippen LogP contribution in [0.2, 0.25) is 0 Å². The van der Waals surface area contributed by atoms with Gasteiger partial charge >= 0.3 is 0 Å². The van der Waals surface area contributed by atoms with E-state index in [0.717, 1.165) is 22.2 Å². The van der Waals surface area contributed by atoms with Crippen LogP contribution in [0.15, 0.2) is 60.7 Å². The molecule has 1 atom stereocenters. The molecule has 2 aromatic heterocycles. The summed E-state index contributed by atoms with van der Waals surface area (Å²) < 4.78 is 14.9. The molecular formula is C24H19FN2O2S. The van der Waals surface area contributed by atoms with Gasteiger partial charge in [0, 0.05) is 28.7 Å². The van der Waals surface area contributed by atoms with Crippen LogP contribution in [0.4, 0.5) is 4.39 Å². The third-order valence-electron chi connectivity index (χ3n) is 5.66. The number of hydrogen-bond acceptors (Lipinski definition) is 3. The Kier molecular flexibility index (Phi) is 4.51. The second kappa shape index (κ2) is 7.22. The number of amides is 1. The molecular weight excluding hydrogens is 399 g/mol. The molecule has 1 aliphatic heterocycles. The summed E-state index contributed by atoms with van der Waals surface area (Å²) in [7, 11) is 0. The normalized spacial score (nSPS) is 15.9. The summed E-state index contributed by atoms with van der Waals surface area (Å²) in [5.41, 5.74) is 3.41. The number of carbonyl (C=O) groups excluding carboxylic acids is 2. The smallest absolute Gasteiger partial charge is 0.264 e. The van der Waals surface area contributed by atoms with E-state index in [0.29, 0.717) is 28.3 Å². The van der Waals surface area contributed by atoms with E-state index in [-0.39, 0.29) is 17.5 Å². The second-order valence-electron chi connectivity index (χ2n) is 7.46. The van der Waals surface area contributed by atoms with Crippen molar-refractivity contribution in [2.75, 3.05) is 6.54 Å². The maximum absolute atomic E-state index is 14.9. The number of nitrogens with zero attached hydrogens (tertiary/aromatic N) is 1. The first-order valence-electron chi connectivity index (χ1n) is 9.80. The Morgan fingerprint density at radius 2 is 1.77 bits per heavy atom. The van der Waals surface area contributed by atoms with E-state index in [9.17, 15) is 14.0 Å². The summed E-state index contributed by atoms with van der Waals surface area (Å²) >= 11 is 1.19. The lowest BCUT2D eigenvalue weighted by Gasteiger charge is -2.36. The number of H-pyrrole nitrogens is 1. The number of thiophene rings is 1. The van der Waals surface area contributed by atoms with Crippen LogP contribution < -0.4 is 0 Å². The SMILES string of the molecule is CC(=O)c1ccc(C(=O)N2CCc3c([nH]c4ccccc34)C2c2ccccc2F)s1. The highest BCUT2D eigenvalue weighted by atomic mass is 32.1. The molecule has 150 valence electrons. The number of Topliss-reactive ketones (excluding diaryl/α,β-unsaturated/α-hetero) is 1. The number of fused-ring (bicyclic) bond motifs is 3. The Morgan fingerprint density at radius 1 is 1.03 bits per heavy atom. The van der Waals surface area contributed by atoms with Crippen molar-refractivity contribution in [3.8, 4) is 0 Å². The Morgan fingerprint density at radius 3 is 2.53 bits per heavy atom. The van der Waals surface area contributed by atoms with Gasteiger partial charge in [-0.3, -0.25) is 9.59 Å². The molecule has 2 aromatic carbocycles. The van der Waals surface area contributed by atoms with Crippen molar-refractivity contribution in [1.29, 1.82) is 0 Å². The highest BCUT2D eigenvalue weighted by Gasteiger charge is 2.36. The Hall–Kier alpha value is -3.25. The van der Waals surface area contributed by atoms with Gasteiger partial charge in [0.2, 0.25) is 0 Å². The largest absolute Gasteiger partial charge is 0.356 e. The lowest BCUT2D eigenvalue weighted by Crippen LogP contribution is -2.40. The van der Waals surface area contributed by atoms with Gasteiger partial charge in [-0.05, 0) is 43.2 Å². The van der Waals surface area contributed by atoms with Gasteiger partial charge in [-0.1, -0.05) is 36.4 Å². The average molecular weight is 418 g/mol. The summed E-state index contributed by atoms with van der Waals surface area (Å²) in [6, 6.07) is 17.4. The number of hydrogen-bond donors (Lipinski definition) is 1. The highest BCUT2D eigenvalue weighted by Crippen LogP contribution is 2.40. The molecule has 1 aliphatic rings. The molecule has 30 heavy (non-hydrogen) atoms. The molecule has 1 amide bonds. The molecule has 0 aliphatic carbocycles. The standard InChI is InChI=1S/C24H19FN2O2S/c1-14(28)20-10-11-21(30-20)24(29)27-13-12-16-15-6-3-5-9-19(15)26-22(16)23(27)17-7-2-4-8-18(17)25/h2-11,23,26H,12-13H2,1H3. The minimum Gasteiger partial charge on any atom is -0.356 e. The number of halogens is 1. The van der Waals surface area contributed by atoms with E-state index >= 15 is 0 Å². The zero-order chi connectivity index (χ0) is 20.8. The van der Waals surface area contributed by atoms with Crippen molar-refractivity contribution in [1.82, 2.24) is 9.88 Å². The van der Waals surface area contributed by atoms with Crippen molar-refractivity contribution in [3.05, 3.63) is 93.1 Å². The number of aromatic amines is 1. The molecule has 1 N–H and O–H groups in total. The quantitative estimate of drug-likeness (QED) is 0.456. The predicted octanol–water partition coefficient (Wildman–Crippen LogP) is 5.36. The zero-order valence-corrected chi connectivity index (χ0v) is 17.1. The Bertz CT molecular complexity index is 1290. The van der Waals surface area contributed by atoms with Crippen LogP contribution in [0.1, 0.15) is 49.1 Å². The number of para-hydroxylation sites is 1. The van der Waals surface area contributed by atoms with Crippen molar-refractivity contribution < 1.29 is 14.0 Å². The fraction of sp³-hybridized carbons (Fsp3) is 0.167. The molecule has 0 fully saturated rings. The van der Waals surface area contributed by atoms with E-state index in [1.54, 1.807) is 35.2 Å². The predicted molar refractivity (Wildman–Crippen MR) is 116 cm³/mol. The molecule has 0 spiro atoms. The summed E-state index contributed by atoms with van der Waals surface area (Å²) in [5.74, 6) is -0.603. The van der Waals surface area contributed by atoms with Gasteiger partial charge in [-0.2, -0.15) is 0 Å². The summed E-state index contributed by atoms with van der Waals surface area (Å²) in [5, 5.41) is 1.11. The lowest BCUT2D eigenvalue weighted by molar-refractivity contribution is 0.0694. The first-order valence-corrected chi connectivity index (χ1v) is 10.6. The fourth-order valence-electron chi connectivity index (χ4n) is 4.26. The van der Waals surface area contributed by atoms with E-state index in [2.05, 4.69) is 11.1 Å². The monoisotopic (exact) mass is 418 g/mol. The van der Waals surface area contributed by atoms with Crippen LogP contribution in [0.5, 0.6) is 0 Å². The van der Waals surface area contributed by atoms with Crippen LogP contribution in [-0.4, -0.2) is 28.1 Å². The van der Waals surface area contributed by atoms with Gasteiger partial charge in [0.15, 0.2) is 5.78 Å². The Balaban J connectivity index is 1.66.